The fourth-order valence-electron chi connectivity index (χ4n) is 5.56. The molecular formula is C28H33N5O4. The van der Waals surface area contributed by atoms with Crippen LogP contribution in [0.25, 0.3) is 22.8 Å². The van der Waals surface area contributed by atoms with Gasteiger partial charge >= 0.3 is 5.97 Å². The van der Waals surface area contributed by atoms with Gasteiger partial charge < -0.3 is 25.3 Å². The Kier molecular flexibility index (Phi) is 6.67. The monoisotopic (exact) mass is 503 g/mol. The van der Waals surface area contributed by atoms with Gasteiger partial charge in [0, 0.05) is 43.1 Å². The smallest absolute Gasteiger partial charge is 0.337 e. The maximum atomic E-state index is 12.3. The fraction of sp³-hybridized carbons (Fsp3) is 0.464. The van der Waals surface area contributed by atoms with Crippen LogP contribution in [0.2, 0.25) is 0 Å². The summed E-state index contributed by atoms with van der Waals surface area (Å²) in [7, 11) is 0. The number of aryl methyl sites for hydroxylation is 1. The lowest BCUT2D eigenvalue weighted by atomic mass is 9.78. The van der Waals surface area contributed by atoms with Crippen LogP contribution in [-0.4, -0.2) is 70.4 Å². The van der Waals surface area contributed by atoms with E-state index in [0.29, 0.717) is 42.4 Å². The molecule has 1 aromatic carbocycles. The molecule has 9 nitrogen and oxygen atoms in total. The second-order valence-corrected chi connectivity index (χ2v) is 10.2. The number of aromatic amines is 1. The highest BCUT2D eigenvalue weighted by molar-refractivity contribution is 5.94. The lowest BCUT2D eigenvalue weighted by molar-refractivity contribution is 0.0322. The van der Waals surface area contributed by atoms with Gasteiger partial charge in [0.25, 0.3) is 0 Å². The summed E-state index contributed by atoms with van der Waals surface area (Å²) >= 11 is 0. The van der Waals surface area contributed by atoms with Crippen LogP contribution < -0.4 is 10.5 Å². The summed E-state index contributed by atoms with van der Waals surface area (Å²) in [5, 5.41) is 10.0. The fourth-order valence-corrected chi connectivity index (χ4v) is 5.56. The van der Waals surface area contributed by atoms with Gasteiger partial charge in [0.05, 0.1) is 30.2 Å². The van der Waals surface area contributed by atoms with Crippen molar-refractivity contribution in [3.8, 4) is 28.5 Å². The number of carbonyl (C=O) groups is 1. The molecule has 3 aromatic rings. The Labute approximate surface area is 216 Å². The van der Waals surface area contributed by atoms with Crippen molar-refractivity contribution >= 4 is 5.97 Å². The van der Waals surface area contributed by atoms with Gasteiger partial charge in [0.2, 0.25) is 0 Å². The lowest BCUT2D eigenvalue weighted by Gasteiger charge is -2.31. The zero-order valence-corrected chi connectivity index (χ0v) is 20.9. The number of ether oxygens (including phenoxy) is 2. The SMILES string of the molecule is NC(c1[nH]c2c(c1C(=O)O)CCc1cnc(-c3ccc(OCCN4CCOCC4)cc3)nc1-2)C1CCC1. The first-order valence-corrected chi connectivity index (χ1v) is 13.2. The van der Waals surface area contributed by atoms with Crippen molar-refractivity contribution in [2.75, 3.05) is 39.5 Å². The zero-order chi connectivity index (χ0) is 25.4. The molecule has 2 aliphatic carbocycles. The third-order valence-electron chi connectivity index (χ3n) is 7.98. The van der Waals surface area contributed by atoms with Crippen LogP contribution in [0.5, 0.6) is 5.75 Å². The van der Waals surface area contributed by atoms with Crippen molar-refractivity contribution in [1.29, 1.82) is 0 Å². The number of carboxylic acids is 1. The molecule has 2 aromatic heterocycles. The molecular weight excluding hydrogens is 470 g/mol. The molecule has 0 bridgehead atoms. The summed E-state index contributed by atoms with van der Waals surface area (Å²) in [5.41, 5.74) is 11.7. The predicted molar refractivity (Wildman–Crippen MR) is 139 cm³/mol. The maximum absolute atomic E-state index is 12.3. The van der Waals surface area contributed by atoms with E-state index in [-0.39, 0.29) is 6.04 Å². The minimum Gasteiger partial charge on any atom is -0.492 e. The zero-order valence-electron chi connectivity index (χ0n) is 20.9. The van der Waals surface area contributed by atoms with E-state index < -0.39 is 5.97 Å². The molecule has 1 saturated carbocycles. The van der Waals surface area contributed by atoms with Crippen molar-refractivity contribution in [3.05, 3.63) is 52.8 Å². The van der Waals surface area contributed by atoms with E-state index >= 15 is 0 Å². The third-order valence-corrected chi connectivity index (χ3v) is 7.98. The highest BCUT2D eigenvalue weighted by Gasteiger charge is 2.35. The van der Waals surface area contributed by atoms with E-state index in [1.54, 1.807) is 0 Å². The van der Waals surface area contributed by atoms with E-state index in [9.17, 15) is 9.90 Å². The molecule has 3 heterocycles. The number of aromatic nitrogens is 3. The molecule has 3 aliphatic rings. The molecule has 37 heavy (non-hydrogen) atoms. The first-order chi connectivity index (χ1) is 18.1. The Morgan fingerprint density at radius 3 is 2.70 bits per heavy atom. The number of H-pyrrole nitrogens is 1. The van der Waals surface area contributed by atoms with Gasteiger partial charge in [-0.2, -0.15) is 0 Å². The van der Waals surface area contributed by atoms with Crippen molar-refractivity contribution in [2.24, 2.45) is 11.7 Å². The maximum Gasteiger partial charge on any atom is 0.337 e. The van der Waals surface area contributed by atoms with Crippen molar-refractivity contribution in [2.45, 2.75) is 38.1 Å². The Bertz CT molecular complexity index is 1280. The van der Waals surface area contributed by atoms with Crippen molar-refractivity contribution in [1.82, 2.24) is 19.9 Å². The minimum absolute atomic E-state index is 0.300. The number of morpholine rings is 1. The second-order valence-electron chi connectivity index (χ2n) is 10.2. The van der Waals surface area contributed by atoms with E-state index in [1.165, 1.54) is 0 Å². The van der Waals surface area contributed by atoms with Crippen LogP contribution >= 0.6 is 0 Å². The number of carboxylic acid groups (broad SMARTS) is 1. The number of nitrogens with one attached hydrogen (secondary N) is 1. The van der Waals surface area contributed by atoms with Gasteiger partial charge in [-0.15, -0.1) is 0 Å². The molecule has 194 valence electrons. The number of hydrogen-bond donors (Lipinski definition) is 3. The summed E-state index contributed by atoms with van der Waals surface area (Å²) in [6.45, 7) is 4.96. The number of nitrogens with two attached hydrogens (primary N) is 1. The van der Waals surface area contributed by atoms with Gasteiger partial charge in [-0.05, 0) is 67.0 Å². The van der Waals surface area contributed by atoms with Gasteiger partial charge in [-0.3, -0.25) is 4.90 Å². The van der Waals surface area contributed by atoms with Crippen LogP contribution in [0.15, 0.2) is 30.5 Å². The second kappa shape index (κ2) is 10.2. The van der Waals surface area contributed by atoms with Crippen molar-refractivity contribution < 1.29 is 19.4 Å². The third kappa shape index (κ3) is 4.74. The molecule has 0 amide bonds. The molecule has 4 N–H and O–H groups in total. The summed E-state index contributed by atoms with van der Waals surface area (Å²) in [5.74, 6) is 0.808. The number of hydrogen-bond acceptors (Lipinski definition) is 7. The number of benzene rings is 1. The Hall–Kier alpha value is -3.27. The summed E-state index contributed by atoms with van der Waals surface area (Å²) < 4.78 is 11.3. The molecule has 0 radical (unpaired) electrons. The Morgan fingerprint density at radius 1 is 1.22 bits per heavy atom. The molecule has 9 heteroatoms. The minimum atomic E-state index is -0.927. The van der Waals surface area contributed by atoms with E-state index in [4.69, 9.17) is 20.2 Å². The average Bonchev–Trinajstić information content (AvgIpc) is 3.29. The highest BCUT2D eigenvalue weighted by atomic mass is 16.5. The predicted octanol–water partition coefficient (Wildman–Crippen LogP) is 3.45. The topological polar surface area (TPSA) is 127 Å². The van der Waals surface area contributed by atoms with E-state index in [0.717, 1.165) is 85.9 Å². The molecule has 0 spiro atoms. The van der Waals surface area contributed by atoms with Crippen molar-refractivity contribution in [3.63, 3.8) is 0 Å². The molecule has 6 rings (SSSR count). The van der Waals surface area contributed by atoms with E-state index in [1.807, 2.05) is 30.5 Å². The molecule has 1 saturated heterocycles. The quantitative estimate of drug-likeness (QED) is 0.427. The number of aromatic carboxylic acids is 1. The lowest BCUT2D eigenvalue weighted by Crippen LogP contribution is -2.38. The first-order valence-electron chi connectivity index (χ1n) is 13.2. The first kappa shape index (κ1) is 24.1. The van der Waals surface area contributed by atoms with Gasteiger partial charge in [-0.25, -0.2) is 14.8 Å². The van der Waals surface area contributed by atoms with E-state index in [2.05, 4.69) is 14.9 Å². The highest BCUT2D eigenvalue weighted by Crippen LogP contribution is 2.42. The standard InChI is InChI=1S/C28H33N5O4/c29-23(17-2-1-3-17)26-22(28(34)35)21-9-6-19-16-30-27(32-24(19)25(21)31-26)18-4-7-20(8-5-18)37-15-12-33-10-13-36-14-11-33/h4-5,7-8,16-17,23,31H,1-3,6,9-15,29H2,(H,34,35). The Morgan fingerprint density at radius 2 is 2.00 bits per heavy atom. The number of rotatable bonds is 8. The Balaban J connectivity index is 1.22. The molecule has 1 atom stereocenters. The number of nitrogens with zero attached hydrogens (tertiary/aromatic N) is 3. The van der Waals surface area contributed by atoms with Gasteiger partial charge in [-0.1, -0.05) is 6.42 Å². The van der Waals surface area contributed by atoms with Crippen LogP contribution in [0, 0.1) is 5.92 Å². The molecule has 1 aliphatic heterocycles. The summed E-state index contributed by atoms with van der Waals surface area (Å²) in [6, 6.07) is 7.51. The summed E-state index contributed by atoms with van der Waals surface area (Å²) in [4.78, 5) is 27.5. The summed E-state index contributed by atoms with van der Waals surface area (Å²) in [6.07, 6.45) is 6.43. The number of fused-ring (bicyclic) bond motifs is 3. The largest absolute Gasteiger partial charge is 0.492 e. The van der Waals surface area contributed by atoms with Crippen LogP contribution in [0.4, 0.5) is 0 Å². The van der Waals surface area contributed by atoms with Gasteiger partial charge in [0.1, 0.15) is 12.4 Å². The van der Waals surface area contributed by atoms with Crippen LogP contribution in [-0.2, 0) is 17.6 Å². The molecule has 2 fully saturated rings. The molecule has 1 unspecified atom stereocenters. The normalized spacial score (nSPS) is 18.5. The van der Waals surface area contributed by atoms with Crippen LogP contribution in [0.1, 0.15) is 52.5 Å². The average molecular weight is 504 g/mol. The van der Waals surface area contributed by atoms with Crippen LogP contribution in [0.3, 0.4) is 0 Å². The van der Waals surface area contributed by atoms with Gasteiger partial charge in [0.15, 0.2) is 5.82 Å².